The molecule has 0 aliphatic carbocycles. The molecule has 3 nitrogen and oxygen atoms in total. The van der Waals surface area contributed by atoms with Crippen LogP contribution in [-0.2, 0) is 6.18 Å². The van der Waals surface area contributed by atoms with Gasteiger partial charge in [-0.2, -0.15) is 13.2 Å². The number of nitrogens with zero attached hydrogens (tertiary/aromatic N) is 2. The summed E-state index contributed by atoms with van der Waals surface area (Å²) in [5.41, 5.74) is -0.827. The van der Waals surface area contributed by atoms with Crippen molar-refractivity contribution in [3.63, 3.8) is 0 Å². The van der Waals surface area contributed by atoms with Gasteiger partial charge in [0, 0.05) is 19.1 Å². The summed E-state index contributed by atoms with van der Waals surface area (Å²) in [6.07, 6.45) is -2.37. The van der Waals surface area contributed by atoms with Crippen molar-refractivity contribution in [1.29, 1.82) is 0 Å². The van der Waals surface area contributed by atoms with Crippen LogP contribution in [0.5, 0.6) is 0 Å². The van der Waals surface area contributed by atoms with E-state index in [-0.39, 0.29) is 0 Å². The average Bonchev–Trinajstić information content (AvgIpc) is 2.38. The van der Waals surface area contributed by atoms with Crippen molar-refractivity contribution in [1.82, 2.24) is 10.3 Å². The first kappa shape index (κ1) is 13.1. The minimum atomic E-state index is -4.38. The topological polar surface area (TPSA) is 28.2 Å². The van der Waals surface area contributed by atoms with Gasteiger partial charge in [0.05, 0.1) is 0 Å². The number of hydrogen-bond donors (Lipinski definition) is 1. The molecule has 1 N–H and O–H groups in total. The SMILES string of the molecule is CNC1CCCN(c2cccc(C(F)(F)F)n2)C1. The van der Waals surface area contributed by atoms with Crippen LogP contribution >= 0.6 is 0 Å². The maximum atomic E-state index is 12.6. The maximum absolute atomic E-state index is 12.6. The van der Waals surface area contributed by atoms with Gasteiger partial charge in [0.15, 0.2) is 0 Å². The van der Waals surface area contributed by atoms with Crippen molar-refractivity contribution in [3.8, 4) is 0 Å². The molecule has 0 saturated carbocycles. The van der Waals surface area contributed by atoms with Gasteiger partial charge in [0.2, 0.25) is 0 Å². The molecule has 0 amide bonds. The first-order valence-corrected chi connectivity index (χ1v) is 5.97. The monoisotopic (exact) mass is 259 g/mol. The van der Waals surface area contributed by atoms with Crippen LogP contribution < -0.4 is 10.2 Å². The van der Waals surface area contributed by atoms with Gasteiger partial charge in [-0.25, -0.2) is 4.98 Å². The van der Waals surface area contributed by atoms with E-state index in [1.807, 2.05) is 11.9 Å². The fourth-order valence-electron chi connectivity index (χ4n) is 2.18. The second kappa shape index (κ2) is 5.14. The van der Waals surface area contributed by atoms with Crippen LogP contribution in [0.15, 0.2) is 18.2 Å². The number of pyridine rings is 1. The van der Waals surface area contributed by atoms with Gasteiger partial charge in [-0.1, -0.05) is 6.07 Å². The number of aromatic nitrogens is 1. The fourth-order valence-corrected chi connectivity index (χ4v) is 2.18. The summed E-state index contributed by atoms with van der Waals surface area (Å²) in [4.78, 5) is 5.61. The van der Waals surface area contributed by atoms with Gasteiger partial charge in [-0.3, -0.25) is 0 Å². The molecule has 2 rings (SSSR count). The summed E-state index contributed by atoms with van der Waals surface area (Å²) < 4.78 is 37.8. The molecular weight excluding hydrogens is 243 g/mol. The second-order valence-electron chi connectivity index (χ2n) is 4.45. The van der Waals surface area contributed by atoms with E-state index >= 15 is 0 Å². The number of rotatable bonds is 2. The van der Waals surface area contributed by atoms with Crippen LogP contribution in [-0.4, -0.2) is 31.2 Å². The first-order valence-electron chi connectivity index (χ1n) is 5.97. The normalized spacial score (nSPS) is 21.1. The molecule has 1 aliphatic rings. The Balaban J connectivity index is 2.18. The number of alkyl halides is 3. The third-order valence-electron chi connectivity index (χ3n) is 3.18. The van der Waals surface area contributed by atoms with Crippen molar-refractivity contribution in [2.24, 2.45) is 0 Å². The molecule has 100 valence electrons. The number of piperidine rings is 1. The predicted molar refractivity (Wildman–Crippen MR) is 63.5 cm³/mol. The summed E-state index contributed by atoms with van der Waals surface area (Å²) >= 11 is 0. The van der Waals surface area contributed by atoms with E-state index in [2.05, 4.69) is 10.3 Å². The predicted octanol–water partition coefficient (Wildman–Crippen LogP) is 2.29. The Morgan fingerprint density at radius 3 is 2.83 bits per heavy atom. The molecule has 0 radical (unpaired) electrons. The van der Waals surface area contributed by atoms with Gasteiger partial charge >= 0.3 is 6.18 Å². The highest BCUT2D eigenvalue weighted by molar-refractivity contribution is 5.40. The molecule has 1 fully saturated rings. The van der Waals surface area contributed by atoms with Crippen molar-refractivity contribution in [3.05, 3.63) is 23.9 Å². The standard InChI is InChI=1S/C12H16F3N3/c1-16-9-4-3-7-18(8-9)11-6-2-5-10(17-11)12(13,14)15/h2,5-6,9,16H,3-4,7-8H2,1H3. The van der Waals surface area contributed by atoms with Crippen molar-refractivity contribution >= 4 is 5.82 Å². The number of anilines is 1. The number of nitrogens with one attached hydrogen (secondary N) is 1. The Bertz CT molecular complexity index is 406. The minimum absolute atomic E-state index is 0.315. The molecule has 1 aromatic rings. The van der Waals surface area contributed by atoms with Gasteiger partial charge in [-0.05, 0) is 32.0 Å². The molecular formula is C12H16F3N3. The molecule has 1 saturated heterocycles. The second-order valence-corrected chi connectivity index (χ2v) is 4.45. The maximum Gasteiger partial charge on any atom is 0.433 e. The summed E-state index contributed by atoms with van der Waals surface area (Å²) in [6.45, 7) is 1.46. The van der Waals surface area contributed by atoms with Crippen molar-refractivity contribution < 1.29 is 13.2 Å². The quantitative estimate of drug-likeness (QED) is 0.883. The smallest absolute Gasteiger partial charge is 0.355 e. The lowest BCUT2D eigenvalue weighted by Gasteiger charge is -2.33. The van der Waals surface area contributed by atoms with Crippen LogP contribution in [0.2, 0.25) is 0 Å². The third kappa shape index (κ3) is 2.93. The van der Waals surface area contributed by atoms with Crippen LogP contribution in [0.25, 0.3) is 0 Å². The molecule has 0 spiro atoms. The average molecular weight is 259 g/mol. The molecule has 6 heteroatoms. The van der Waals surface area contributed by atoms with E-state index in [1.54, 1.807) is 6.07 Å². The van der Waals surface area contributed by atoms with Gasteiger partial charge in [0.1, 0.15) is 11.5 Å². The Labute approximate surface area is 104 Å². The third-order valence-corrected chi connectivity index (χ3v) is 3.18. The number of hydrogen-bond acceptors (Lipinski definition) is 3. The molecule has 1 unspecified atom stereocenters. The zero-order valence-electron chi connectivity index (χ0n) is 10.2. The molecule has 0 aromatic carbocycles. The highest BCUT2D eigenvalue weighted by atomic mass is 19.4. The lowest BCUT2D eigenvalue weighted by molar-refractivity contribution is -0.141. The highest BCUT2D eigenvalue weighted by Gasteiger charge is 2.33. The fraction of sp³-hybridized carbons (Fsp3) is 0.583. The van der Waals surface area contributed by atoms with E-state index in [1.165, 1.54) is 6.07 Å². The summed E-state index contributed by atoms with van der Waals surface area (Å²) in [7, 11) is 1.87. The van der Waals surface area contributed by atoms with Crippen molar-refractivity contribution in [2.75, 3.05) is 25.0 Å². The van der Waals surface area contributed by atoms with Crippen LogP contribution in [0, 0.1) is 0 Å². The summed E-state index contributed by atoms with van der Waals surface area (Å²) in [6, 6.07) is 4.36. The molecule has 1 aliphatic heterocycles. The number of halogens is 3. The largest absolute Gasteiger partial charge is 0.433 e. The Hall–Kier alpha value is -1.30. The van der Waals surface area contributed by atoms with E-state index in [0.717, 1.165) is 25.5 Å². The van der Waals surface area contributed by atoms with Gasteiger partial charge in [-0.15, -0.1) is 0 Å². The van der Waals surface area contributed by atoms with Gasteiger partial charge < -0.3 is 10.2 Å². The van der Waals surface area contributed by atoms with Gasteiger partial charge in [0.25, 0.3) is 0 Å². The molecule has 2 heterocycles. The van der Waals surface area contributed by atoms with Crippen LogP contribution in [0.3, 0.4) is 0 Å². The lowest BCUT2D eigenvalue weighted by Crippen LogP contribution is -2.44. The van der Waals surface area contributed by atoms with E-state index < -0.39 is 11.9 Å². The Morgan fingerprint density at radius 1 is 1.39 bits per heavy atom. The van der Waals surface area contributed by atoms with Crippen LogP contribution in [0.1, 0.15) is 18.5 Å². The lowest BCUT2D eigenvalue weighted by atomic mass is 10.1. The summed E-state index contributed by atoms with van der Waals surface area (Å²) in [5, 5.41) is 3.16. The Kier molecular flexibility index (Phi) is 3.75. The van der Waals surface area contributed by atoms with Crippen LogP contribution in [0.4, 0.5) is 19.0 Å². The molecule has 1 aromatic heterocycles. The van der Waals surface area contributed by atoms with E-state index in [9.17, 15) is 13.2 Å². The highest BCUT2D eigenvalue weighted by Crippen LogP contribution is 2.29. The van der Waals surface area contributed by atoms with E-state index in [4.69, 9.17) is 0 Å². The first-order chi connectivity index (χ1) is 8.50. The molecule has 0 bridgehead atoms. The zero-order chi connectivity index (χ0) is 13.2. The molecule has 1 atom stereocenters. The summed E-state index contributed by atoms with van der Waals surface area (Å²) in [5.74, 6) is 0.407. The van der Waals surface area contributed by atoms with Crippen molar-refractivity contribution in [2.45, 2.75) is 25.1 Å². The minimum Gasteiger partial charge on any atom is -0.355 e. The Morgan fingerprint density at radius 2 is 2.17 bits per heavy atom. The number of likely N-dealkylation sites (N-methyl/N-ethyl adjacent to an activating group) is 1. The molecule has 18 heavy (non-hydrogen) atoms. The zero-order valence-corrected chi connectivity index (χ0v) is 10.2. The van der Waals surface area contributed by atoms with E-state index in [0.29, 0.717) is 18.4 Å².